The second-order valence-electron chi connectivity index (χ2n) is 6.35. The highest BCUT2D eigenvalue weighted by Gasteiger charge is 2.19. The van der Waals surface area contributed by atoms with Gasteiger partial charge in [-0.3, -0.25) is 5.10 Å². The number of pyridine rings is 1. The van der Waals surface area contributed by atoms with Crippen LogP contribution < -0.4 is 10.1 Å². The summed E-state index contributed by atoms with van der Waals surface area (Å²) in [7, 11) is -2.12. The SMILES string of the molecule is COc1ccc(-c2cc(Nc3cc(S(=O)(=O)c4ccccc4)cc(Cl)n3)n[nH]2)cc1. The Kier molecular flexibility index (Phi) is 5.43. The van der Waals surface area contributed by atoms with Gasteiger partial charge in [-0.15, -0.1) is 0 Å². The minimum Gasteiger partial charge on any atom is -0.497 e. The maximum absolute atomic E-state index is 12.9. The van der Waals surface area contributed by atoms with Gasteiger partial charge in [-0.1, -0.05) is 29.8 Å². The first-order valence-electron chi connectivity index (χ1n) is 8.90. The monoisotopic (exact) mass is 440 g/mol. The van der Waals surface area contributed by atoms with Gasteiger partial charge in [0.1, 0.15) is 16.7 Å². The van der Waals surface area contributed by atoms with E-state index >= 15 is 0 Å². The fourth-order valence-electron chi connectivity index (χ4n) is 2.86. The van der Waals surface area contributed by atoms with E-state index in [4.69, 9.17) is 16.3 Å². The van der Waals surface area contributed by atoms with Crippen LogP contribution in [0, 0.1) is 0 Å². The summed E-state index contributed by atoms with van der Waals surface area (Å²) in [6, 6.07) is 20.2. The molecular weight excluding hydrogens is 424 g/mol. The lowest BCUT2D eigenvalue weighted by molar-refractivity contribution is 0.415. The minimum atomic E-state index is -3.73. The predicted octanol–water partition coefficient (Wildman–Crippen LogP) is 4.71. The lowest BCUT2D eigenvalue weighted by Crippen LogP contribution is -2.04. The first-order chi connectivity index (χ1) is 14.5. The zero-order valence-electron chi connectivity index (χ0n) is 15.8. The van der Waals surface area contributed by atoms with E-state index in [9.17, 15) is 8.42 Å². The van der Waals surface area contributed by atoms with Crippen molar-refractivity contribution >= 4 is 33.1 Å². The van der Waals surface area contributed by atoms with Gasteiger partial charge in [0.15, 0.2) is 5.82 Å². The quantitative estimate of drug-likeness (QED) is 0.421. The van der Waals surface area contributed by atoms with Gasteiger partial charge in [-0.05, 0) is 54.1 Å². The van der Waals surface area contributed by atoms with Crippen molar-refractivity contribution in [2.24, 2.45) is 0 Å². The molecule has 0 spiro atoms. The van der Waals surface area contributed by atoms with Crippen LogP contribution in [0.5, 0.6) is 5.75 Å². The molecule has 30 heavy (non-hydrogen) atoms. The average Bonchev–Trinajstić information content (AvgIpc) is 3.22. The van der Waals surface area contributed by atoms with Crippen molar-refractivity contribution in [3.05, 3.63) is 77.9 Å². The van der Waals surface area contributed by atoms with E-state index in [-0.39, 0.29) is 20.8 Å². The topological polar surface area (TPSA) is 97.0 Å². The molecular formula is C21H17ClN4O3S. The van der Waals surface area contributed by atoms with Crippen LogP contribution in [0.25, 0.3) is 11.3 Å². The number of sulfone groups is 1. The van der Waals surface area contributed by atoms with Crippen molar-refractivity contribution in [2.75, 3.05) is 12.4 Å². The number of aromatic nitrogens is 3. The number of hydrogen-bond acceptors (Lipinski definition) is 6. The number of benzene rings is 2. The van der Waals surface area contributed by atoms with E-state index in [0.717, 1.165) is 17.0 Å². The van der Waals surface area contributed by atoms with Crippen LogP contribution in [0.3, 0.4) is 0 Å². The number of H-pyrrole nitrogens is 1. The second kappa shape index (κ2) is 8.17. The standard InChI is InChI=1S/C21H17ClN4O3S/c1-29-15-9-7-14(8-10-15)18-13-21(26-25-18)24-20-12-17(11-19(22)23-20)30(27,28)16-5-3-2-4-6-16/h2-13H,1H3,(H2,23,24,25,26). The Bertz CT molecular complexity index is 1270. The number of aromatic amines is 1. The van der Waals surface area contributed by atoms with Gasteiger partial charge < -0.3 is 10.1 Å². The van der Waals surface area contributed by atoms with Crippen LogP contribution in [0.2, 0.25) is 5.15 Å². The third-order valence-corrected chi connectivity index (χ3v) is 6.31. The molecule has 0 radical (unpaired) electrons. The lowest BCUT2D eigenvalue weighted by Gasteiger charge is -2.08. The van der Waals surface area contributed by atoms with Crippen LogP contribution in [-0.2, 0) is 9.84 Å². The van der Waals surface area contributed by atoms with Crippen LogP contribution in [0.4, 0.5) is 11.6 Å². The average molecular weight is 441 g/mol. The van der Waals surface area contributed by atoms with Crippen molar-refractivity contribution < 1.29 is 13.2 Å². The number of halogens is 1. The Morgan fingerprint density at radius 3 is 2.37 bits per heavy atom. The molecule has 0 aliphatic rings. The van der Waals surface area contributed by atoms with Crippen molar-refractivity contribution in [1.29, 1.82) is 0 Å². The summed E-state index contributed by atoms with van der Waals surface area (Å²) < 4.78 is 30.9. The Morgan fingerprint density at radius 2 is 1.67 bits per heavy atom. The van der Waals surface area contributed by atoms with Gasteiger partial charge in [-0.2, -0.15) is 5.10 Å². The van der Waals surface area contributed by atoms with Gasteiger partial charge in [-0.25, -0.2) is 13.4 Å². The molecule has 7 nitrogen and oxygen atoms in total. The Hall–Kier alpha value is -3.36. The molecule has 0 saturated carbocycles. The maximum Gasteiger partial charge on any atom is 0.206 e. The number of rotatable bonds is 6. The van der Waals surface area contributed by atoms with E-state index in [1.165, 1.54) is 24.3 Å². The van der Waals surface area contributed by atoms with Gasteiger partial charge in [0.05, 0.1) is 22.6 Å². The Balaban J connectivity index is 1.61. The summed E-state index contributed by atoms with van der Waals surface area (Å²) in [6.07, 6.45) is 0. The lowest BCUT2D eigenvalue weighted by atomic mass is 10.1. The molecule has 0 bridgehead atoms. The predicted molar refractivity (Wildman–Crippen MR) is 115 cm³/mol. The molecule has 0 amide bonds. The molecule has 2 aromatic carbocycles. The molecule has 9 heteroatoms. The van der Waals surface area contributed by atoms with Gasteiger partial charge in [0, 0.05) is 6.07 Å². The first-order valence-corrected chi connectivity index (χ1v) is 10.8. The molecule has 2 N–H and O–H groups in total. The highest BCUT2D eigenvalue weighted by Crippen LogP contribution is 2.27. The fraction of sp³-hybridized carbons (Fsp3) is 0.0476. The molecule has 0 atom stereocenters. The fourth-order valence-corrected chi connectivity index (χ4v) is 4.46. The normalized spacial score (nSPS) is 11.3. The van der Waals surface area contributed by atoms with Crippen molar-refractivity contribution in [1.82, 2.24) is 15.2 Å². The van der Waals surface area contributed by atoms with Crippen molar-refractivity contribution in [3.63, 3.8) is 0 Å². The third-order valence-electron chi connectivity index (χ3n) is 4.37. The summed E-state index contributed by atoms with van der Waals surface area (Å²) in [6.45, 7) is 0. The van der Waals surface area contributed by atoms with Crippen LogP contribution in [0.15, 0.2) is 82.6 Å². The molecule has 0 unspecified atom stereocenters. The summed E-state index contributed by atoms with van der Waals surface area (Å²) in [5.41, 5.74) is 1.70. The number of methoxy groups -OCH3 is 1. The smallest absolute Gasteiger partial charge is 0.206 e. The van der Waals surface area contributed by atoms with Gasteiger partial charge in [0.25, 0.3) is 0 Å². The van der Waals surface area contributed by atoms with E-state index in [1.807, 2.05) is 24.3 Å². The van der Waals surface area contributed by atoms with Crippen LogP contribution in [0.1, 0.15) is 0 Å². The third kappa shape index (κ3) is 4.14. The largest absolute Gasteiger partial charge is 0.497 e. The van der Waals surface area contributed by atoms with E-state index in [1.54, 1.807) is 31.4 Å². The number of hydrogen-bond donors (Lipinski definition) is 2. The molecule has 0 aliphatic heterocycles. The molecule has 4 aromatic rings. The number of nitrogens with zero attached hydrogens (tertiary/aromatic N) is 2. The molecule has 2 heterocycles. The molecule has 0 aliphatic carbocycles. The molecule has 4 rings (SSSR count). The molecule has 152 valence electrons. The summed E-state index contributed by atoms with van der Waals surface area (Å²) in [5.74, 6) is 1.50. The van der Waals surface area contributed by atoms with Crippen molar-refractivity contribution in [3.8, 4) is 17.0 Å². The van der Waals surface area contributed by atoms with E-state index < -0.39 is 9.84 Å². The van der Waals surface area contributed by atoms with Gasteiger partial charge in [0.2, 0.25) is 9.84 Å². The Morgan fingerprint density at radius 1 is 0.933 bits per heavy atom. The van der Waals surface area contributed by atoms with E-state index in [2.05, 4.69) is 20.5 Å². The van der Waals surface area contributed by atoms with Crippen molar-refractivity contribution in [2.45, 2.75) is 9.79 Å². The van der Waals surface area contributed by atoms with E-state index in [0.29, 0.717) is 5.82 Å². The molecule has 0 saturated heterocycles. The zero-order valence-corrected chi connectivity index (χ0v) is 17.4. The number of nitrogens with one attached hydrogen (secondary N) is 2. The highest BCUT2D eigenvalue weighted by molar-refractivity contribution is 7.91. The highest BCUT2D eigenvalue weighted by atomic mass is 35.5. The number of ether oxygens (including phenoxy) is 1. The Labute approximate surface area is 178 Å². The zero-order chi connectivity index (χ0) is 21.1. The summed E-state index contributed by atoms with van der Waals surface area (Å²) >= 11 is 6.08. The molecule has 2 aromatic heterocycles. The second-order valence-corrected chi connectivity index (χ2v) is 8.68. The van der Waals surface area contributed by atoms with Crippen LogP contribution >= 0.6 is 11.6 Å². The first kappa shape index (κ1) is 19.9. The summed E-state index contributed by atoms with van der Waals surface area (Å²) in [4.78, 5) is 4.38. The summed E-state index contributed by atoms with van der Waals surface area (Å²) in [5, 5.41) is 10.2. The van der Waals surface area contributed by atoms with Gasteiger partial charge >= 0.3 is 0 Å². The minimum absolute atomic E-state index is 0.0436. The van der Waals surface area contributed by atoms with Crippen LogP contribution in [-0.4, -0.2) is 30.7 Å². The molecule has 0 fully saturated rings. The maximum atomic E-state index is 12.9. The number of anilines is 2.